The van der Waals surface area contributed by atoms with E-state index >= 15 is 0 Å². The molecule has 1 rings (SSSR count). The second-order valence-electron chi connectivity index (χ2n) is 5.33. The maximum Gasteiger partial charge on any atom is 0.424 e. The highest BCUT2D eigenvalue weighted by molar-refractivity contribution is 5.64. The van der Waals surface area contributed by atoms with Gasteiger partial charge >= 0.3 is 6.18 Å². The Labute approximate surface area is 115 Å². The molecule has 20 heavy (non-hydrogen) atoms. The van der Waals surface area contributed by atoms with Crippen LogP contribution < -0.4 is 4.74 Å². The van der Waals surface area contributed by atoms with Gasteiger partial charge in [0.2, 0.25) is 5.60 Å². The lowest BCUT2D eigenvalue weighted by atomic mass is 9.75. The molecular weight excluding hydrogens is 273 g/mol. The van der Waals surface area contributed by atoms with Crippen molar-refractivity contribution in [1.82, 2.24) is 0 Å². The summed E-state index contributed by atoms with van der Waals surface area (Å²) in [5.41, 5.74) is -3.81. The molecule has 1 aromatic rings. The van der Waals surface area contributed by atoms with Crippen LogP contribution in [0.1, 0.15) is 25.8 Å². The zero-order valence-electron chi connectivity index (χ0n) is 11.5. The summed E-state index contributed by atoms with van der Waals surface area (Å²) in [5.74, 6) is 0.575. The third-order valence-corrected chi connectivity index (χ3v) is 3.27. The Morgan fingerprint density at radius 2 is 1.70 bits per heavy atom. The van der Waals surface area contributed by atoms with Gasteiger partial charge < -0.3 is 9.84 Å². The second-order valence-corrected chi connectivity index (χ2v) is 5.33. The molecule has 0 radical (unpaired) electrons. The van der Waals surface area contributed by atoms with Crippen molar-refractivity contribution < 1.29 is 27.8 Å². The highest BCUT2D eigenvalue weighted by Gasteiger charge is 2.56. The van der Waals surface area contributed by atoms with E-state index in [1.54, 1.807) is 24.3 Å². The summed E-state index contributed by atoms with van der Waals surface area (Å²) in [6.45, 7) is 3.07. The smallest absolute Gasteiger partial charge is 0.424 e. The summed E-state index contributed by atoms with van der Waals surface area (Å²) in [4.78, 5) is 10.7. The van der Waals surface area contributed by atoms with Crippen LogP contribution in [-0.4, -0.2) is 30.3 Å². The van der Waals surface area contributed by atoms with Gasteiger partial charge in [0.25, 0.3) is 0 Å². The molecule has 1 atom stereocenters. The second kappa shape index (κ2) is 5.44. The number of alkyl halides is 3. The Kier molecular flexibility index (Phi) is 4.49. The molecule has 0 aliphatic rings. The molecule has 0 saturated carbocycles. The summed E-state index contributed by atoms with van der Waals surface area (Å²) in [7, 11) is 1.48. The Bertz CT molecular complexity index is 466. The topological polar surface area (TPSA) is 46.5 Å². The molecule has 1 aromatic carbocycles. The van der Waals surface area contributed by atoms with Crippen LogP contribution in [0.4, 0.5) is 13.2 Å². The Balaban J connectivity index is 3.06. The quantitative estimate of drug-likeness (QED) is 0.848. The average Bonchev–Trinajstić information content (AvgIpc) is 2.37. The fourth-order valence-corrected chi connectivity index (χ4v) is 2.03. The zero-order chi connectivity index (χ0) is 15.6. The highest BCUT2D eigenvalue weighted by atomic mass is 19.4. The van der Waals surface area contributed by atoms with Crippen LogP contribution in [0.15, 0.2) is 24.3 Å². The summed E-state index contributed by atoms with van der Waals surface area (Å²) in [6, 6.07) is 6.45. The summed E-state index contributed by atoms with van der Waals surface area (Å²) < 4.78 is 43.3. The lowest BCUT2D eigenvalue weighted by Gasteiger charge is -2.34. The number of carbonyl (C=O) groups excluding carboxylic acids is 1. The average molecular weight is 290 g/mol. The van der Waals surface area contributed by atoms with Gasteiger partial charge in [-0.05, 0) is 23.1 Å². The van der Waals surface area contributed by atoms with Crippen molar-refractivity contribution in [3.8, 4) is 5.75 Å². The lowest BCUT2D eigenvalue weighted by Crippen LogP contribution is -2.50. The Hall–Kier alpha value is -1.56. The third-order valence-electron chi connectivity index (χ3n) is 3.27. The number of aliphatic hydroxyl groups is 1. The predicted molar refractivity (Wildman–Crippen MR) is 67.7 cm³/mol. The standard InChI is InChI=1S/C14H17F3O3/c1-12(2,8-13(19,9-18)14(15,16)17)10-4-6-11(20-3)7-5-10/h4-7,9,19H,8H2,1-3H3/t13-/m1/s1. The maximum atomic E-state index is 12.8. The maximum absolute atomic E-state index is 12.8. The predicted octanol–water partition coefficient (Wildman–Crippen LogP) is 2.86. The van der Waals surface area contributed by atoms with Gasteiger partial charge in [-0.2, -0.15) is 13.2 Å². The van der Waals surface area contributed by atoms with Gasteiger partial charge in [-0.15, -0.1) is 0 Å². The van der Waals surface area contributed by atoms with Crippen LogP contribution >= 0.6 is 0 Å². The van der Waals surface area contributed by atoms with Gasteiger partial charge in [0.05, 0.1) is 7.11 Å². The molecular formula is C14H17F3O3. The van der Waals surface area contributed by atoms with Gasteiger partial charge in [-0.25, -0.2) is 0 Å². The van der Waals surface area contributed by atoms with Gasteiger partial charge in [-0.3, -0.25) is 4.79 Å². The molecule has 112 valence electrons. The molecule has 0 amide bonds. The molecule has 0 bridgehead atoms. The van der Waals surface area contributed by atoms with Gasteiger partial charge in [0.15, 0.2) is 6.29 Å². The normalized spacial score (nSPS) is 15.6. The molecule has 0 aromatic heterocycles. The summed E-state index contributed by atoms with van der Waals surface area (Å²) >= 11 is 0. The summed E-state index contributed by atoms with van der Waals surface area (Å²) in [6.07, 6.45) is -6.20. The molecule has 0 heterocycles. The minimum atomic E-state index is -5.00. The number of carbonyl (C=O) groups is 1. The number of methoxy groups -OCH3 is 1. The minimum absolute atomic E-state index is 0.446. The van der Waals surface area contributed by atoms with Gasteiger partial charge in [-0.1, -0.05) is 26.0 Å². The lowest BCUT2D eigenvalue weighted by molar-refractivity contribution is -0.250. The number of benzene rings is 1. The van der Waals surface area contributed by atoms with E-state index in [2.05, 4.69) is 0 Å². The van der Waals surface area contributed by atoms with Crippen LogP contribution in [0.2, 0.25) is 0 Å². The molecule has 6 heteroatoms. The molecule has 0 spiro atoms. The fraction of sp³-hybridized carbons (Fsp3) is 0.500. The monoisotopic (exact) mass is 290 g/mol. The number of hydrogen-bond donors (Lipinski definition) is 1. The number of halogens is 3. The van der Waals surface area contributed by atoms with E-state index < -0.39 is 29.9 Å². The molecule has 3 nitrogen and oxygen atoms in total. The zero-order valence-corrected chi connectivity index (χ0v) is 11.5. The molecule has 0 aliphatic carbocycles. The van der Waals surface area contributed by atoms with Crippen molar-refractivity contribution in [3.05, 3.63) is 29.8 Å². The first kappa shape index (κ1) is 16.5. The van der Waals surface area contributed by atoms with Crippen molar-refractivity contribution in [2.75, 3.05) is 7.11 Å². The SMILES string of the molecule is COc1ccc(C(C)(C)C[C@@](O)(C=O)C(F)(F)F)cc1. The Morgan fingerprint density at radius 1 is 1.20 bits per heavy atom. The third kappa shape index (κ3) is 3.30. The van der Waals surface area contributed by atoms with E-state index in [0.29, 0.717) is 11.3 Å². The number of aldehydes is 1. The molecule has 1 N–H and O–H groups in total. The van der Waals surface area contributed by atoms with E-state index in [9.17, 15) is 23.1 Å². The van der Waals surface area contributed by atoms with E-state index in [1.165, 1.54) is 21.0 Å². The number of ether oxygens (including phenoxy) is 1. The number of rotatable bonds is 5. The van der Waals surface area contributed by atoms with Crippen LogP contribution in [0.25, 0.3) is 0 Å². The van der Waals surface area contributed by atoms with Crippen molar-refractivity contribution in [2.45, 2.75) is 37.5 Å². The van der Waals surface area contributed by atoms with Crippen molar-refractivity contribution in [3.63, 3.8) is 0 Å². The number of hydrogen-bond acceptors (Lipinski definition) is 3. The van der Waals surface area contributed by atoms with E-state index in [4.69, 9.17) is 4.74 Å². The Morgan fingerprint density at radius 3 is 2.05 bits per heavy atom. The molecule has 0 fully saturated rings. The first-order valence-corrected chi connectivity index (χ1v) is 5.96. The first-order valence-electron chi connectivity index (χ1n) is 5.96. The van der Waals surface area contributed by atoms with Crippen molar-refractivity contribution in [1.29, 1.82) is 0 Å². The van der Waals surface area contributed by atoms with Crippen LogP contribution in [0.3, 0.4) is 0 Å². The van der Waals surface area contributed by atoms with E-state index in [0.717, 1.165) is 0 Å². The van der Waals surface area contributed by atoms with Gasteiger partial charge in [0, 0.05) is 6.42 Å². The van der Waals surface area contributed by atoms with Crippen LogP contribution in [-0.2, 0) is 10.2 Å². The molecule has 0 saturated heterocycles. The van der Waals surface area contributed by atoms with Crippen molar-refractivity contribution in [2.24, 2.45) is 0 Å². The van der Waals surface area contributed by atoms with Crippen LogP contribution in [0, 0.1) is 0 Å². The summed E-state index contributed by atoms with van der Waals surface area (Å²) in [5, 5.41) is 9.54. The molecule has 0 unspecified atom stereocenters. The van der Waals surface area contributed by atoms with E-state index in [-0.39, 0.29) is 0 Å². The largest absolute Gasteiger partial charge is 0.497 e. The first-order chi connectivity index (χ1) is 9.05. The van der Waals surface area contributed by atoms with Gasteiger partial charge in [0.1, 0.15) is 5.75 Å². The highest BCUT2D eigenvalue weighted by Crippen LogP contribution is 2.40. The van der Waals surface area contributed by atoms with E-state index in [1.807, 2.05) is 0 Å². The molecule has 0 aliphatic heterocycles. The van der Waals surface area contributed by atoms with Crippen LogP contribution in [0.5, 0.6) is 5.75 Å². The minimum Gasteiger partial charge on any atom is -0.497 e. The van der Waals surface area contributed by atoms with Crippen molar-refractivity contribution >= 4 is 6.29 Å². The fourth-order valence-electron chi connectivity index (χ4n) is 2.03.